The average Bonchev–Trinajstić information content (AvgIpc) is 2.69. The maximum absolute atomic E-state index is 10.4. The Hall–Kier alpha value is -2.99. The molecule has 0 aromatic heterocycles. The Bertz CT molecular complexity index is 783. The molecule has 0 amide bonds. The van der Waals surface area contributed by atoms with Crippen molar-refractivity contribution < 1.29 is 40.2 Å². The fourth-order valence-corrected chi connectivity index (χ4v) is 2.07. The molecule has 2 atom stereocenters. The number of phenols is 4. The molecule has 2 aromatic carbocycles. The molecule has 0 bridgehead atoms. The molecule has 2 aromatic rings. The van der Waals surface area contributed by atoms with E-state index in [1.807, 2.05) is 0 Å². The Kier molecular flexibility index (Phi) is 11.9. The Morgan fingerprint density at radius 1 is 0.733 bits per heavy atom. The van der Waals surface area contributed by atoms with E-state index < -0.39 is 24.0 Å². The molecule has 2 rings (SSSR count). The molecule has 10 N–H and O–H groups in total. The van der Waals surface area contributed by atoms with Crippen LogP contribution < -0.4 is 11.5 Å². The van der Waals surface area contributed by atoms with Gasteiger partial charge >= 0.3 is 11.9 Å². The standard InChI is InChI=1S/2C9H11NO4.ClSi/c2*10-6(9(13)14)3-5-1-2-7(11)8(12)4-5;1-2/h2*1-2,4,6,11-12H,3,10H2,(H,13,14);. The van der Waals surface area contributed by atoms with Gasteiger partial charge in [-0.05, 0) is 48.2 Å². The highest BCUT2D eigenvalue weighted by atomic mass is 35.6. The van der Waals surface area contributed by atoms with Crippen LogP contribution in [0.5, 0.6) is 23.0 Å². The first-order valence-corrected chi connectivity index (χ1v) is 9.69. The second kappa shape index (κ2) is 13.3. The van der Waals surface area contributed by atoms with Crippen molar-refractivity contribution in [3.8, 4) is 23.0 Å². The van der Waals surface area contributed by atoms with E-state index in [2.05, 4.69) is 20.6 Å². The van der Waals surface area contributed by atoms with Crippen molar-refractivity contribution >= 4 is 32.6 Å². The van der Waals surface area contributed by atoms with E-state index in [9.17, 15) is 9.59 Å². The summed E-state index contributed by atoms with van der Waals surface area (Å²) in [6.45, 7) is 0. The van der Waals surface area contributed by atoms with E-state index in [1.165, 1.54) is 36.4 Å². The second-order valence-corrected chi connectivity index (χ2v) is 5.94. The monoisotopic (exact) mass is 457 g/mol. The Morgan fingerprint density at radius 3 is 1.27 bits per heavy atom. The van der Waals surface area contributed by atoms with Crippen LogP contribution in [0.15, 0.2) is 36.4 Å². The molecular weight excluding hydrogens is 436 g/mol. The molecule has 0 spiro atoms. The van der Waals surface area contributed by atoms with Crippen molar-refractivity contribution in [2.75, 3.05) is 0 Å². The van der Waals surface area contributed by atoms with Crippen LogP contribution in [0.4, 0.5) is 0 Å². The number of aromatic hydroxyl groups is 4. The van der Waals surface area contributed by atoms with Gasteiger partial charge in [0.1, 0.15) is 12.1 Å². The molecular formula is C18H22ClN2O8Si. The van der Waals surface area contributed by atoms with E-state index in [0.29, 0.717) is 11.1 Å². The van der Waals surface area contributed by atoms with Crippen molar-refractivity contribution in [1.82, 2.24) is 0 Å². The van der Waals surface area contributed by atoms with Gasteiger partial charge in [-0.25, -0.2) is 0 Å². The number of benzene rings is 2. The van der Waals surface area contributed by atoms with E-state index in [4.69, 9.17) is 42.1 Å². The zero-order chi connectivity index (χ0) is 23.4. The van der Waals surface area contributed by atoms with Crippen LogP contribution in [-0.4, -0.2) is 64.2 Å². The first-order chi connectivity index (χ1) is 14.0. The zero-order valence-electron chi connectivity index (χ0n) is 15.6. The van der Waals surface area contributed by atoms with Crippen molar-refractivity contribution in [2.45, 2.75) is 24.9 Å². The number of carboxylic acid groups (broad SMARTS) is 2. The summed E-state index contributed by atoms with van der Waals surface area (Å²) in [4.78, 5) is 20.8. The minimum absolute atomic E-state index is 0.114. The largest absolute Gasteiger partial charge is 0.504 e. The van der Waals surface area contributed by atoms with Gasteiger partial charge in [0.2, 0.25) is 0 Å². The molecule has 0 heterocycles. The van der Waals surface area contributed by atoms with Gasteiger partial charge in [0.05, 0.1) is 0 Å². The maximum atomic E-state index is 10.4. The van der Waals surface area contributed by atoms with Crippen molar-refractivity contribution in [3.63, 3.8) is 0 Å². The number of phenolic OH excluding ortho intramolecular Hbond substituents is 4. The smallest absolute Gasteiger partial charge is 0.320 e. The summed E-state index contributed by atoms with van der Waals surface area (Å²) in [5.41, 5.74) is 11.7. The van der Waals surface area contributed by atoms with Gasteiger partial charge in [-0.3, -0.25) is 9.59 Å². The normalized spacial score (nSPS) is 11.7. The number of carbonyl (C=O) groups is 2. The topological polar surface area (TPSA) is 208 Å². The van der Waals surface area contributed by atoms with Crippen LogP contribution in [0.1, 0.15) is 11.1 Å². The van der Waals surface area contributed by atoms with Gasteiger partial charge in [-0.2, -0.15) is 11.1 Å². The molecule has 2 unspecified atom stereocenters. The van der Waals surface area contributed by atoms with Crippen molar-refractivity contribution in [2.24, 2.45) is 11.5 Å². The molecule has 0 aliphatic heterocycles. The number of aliphatic carboxylic acids is 2. The molecule has 10 nitrogen and oxygen atoms in total. The third-order valence-electron chi connectivity index (χ3n) is 3.63. The van der Waals surface area contributed by atoms with Gasteiger partial charge in [-0.1, -0.05) is 12.1 Å². The molecule has 3 radical (unpaired) electrons. The summed E-state index contributed by atoms with van der Waals surface area (Å²) >= 11 is 4.44. The van der Waals surface area contributed by atoms with Crippen LogP contribution in [0.2, 0.25) is 0 Å². The molecule has 163 valence electrons. The van der Waals surface area contributed by atoms with Gasteiger partial charge < -0.3 is 42.1 Å². The lowest BCUT2D eigenvalue weighted by Gasteiger charge is -2.06. The number of hydrogen-bond acceptors (Lipinski definition) is 8. The molecule has 0 aliphatic rings. The quantitative estimate of drug-likeness (QED) is 0.170. The maximum Gasteiger partial charge on any atom is 0.320 e. The number of hydrogen-bond donors (Lipinski definition) is 8. The van der Waals surface area contributed by atoms with Crippen molar-refractivity contribution in [3.05, 3.63) is 47.5 Å². The Balaban J connectivity index is 0.000000518. The molecule has 30 heavy (non-hydrogen) atoms. The summed E-state index contributed by atoms with van der Waals surface area (Å²) in [7, 11) is 2.44. The highest BCUT2D eigenvalue weighted by molar-refractivity contribution is 6.80. The summed E-state index contributed by atoms with van der Waals surface area (Å²) in [6, 6.07) is 6.18. The molecule has 0 fully saturated rings. The summed E-state index contributed by atoms with van der Waals surface area (Å²) in [5, 5.41) is 53.3. The predicted octanol–water partition coefficient (Wildman–Crippen LogP) is 0.413. The van der Waals surface area contributed by atoms with E-state index in [0.717, 1.165) is 0 Å². The predicted molar refractivity (Wildman–Crippen MR) is 110 cm³/mol. The highest BCUT2D eigenvalue weighted by Gasteiger charge is 2.13. The van der Waals surface area contributed by atoms with E-state index in [-0.39, 0.29) is 35.8 Å². The van der Waals surface area contributed by atoms with Crippen LogP contribution in [-0.2, 0) is 22.4 Å². The molecule has 12 heteroatoms. The number of carboxylic acids is 2. The summed E-state index contributed by atoms with van der Waals surface area (Å²) in [6.07, 6.45) is 0.229. The third-order valence-corrected chi connectivity index (χ3v) is 3.63. The highest BCUT2D eigenvalue weighted by Crippen LogP contribution is 2.26. The lowest BCUT2D eigenvalue weighted by Crippen LogP contribution is -2.32. The molecule has 0 saturated heterocycles. The lowest BCUT2D eigenvalue weighted by atomic mass is 10.1. The lowest BCUT2D eigenvalue weighted by molar-refractivity contribution is -0.139. The first kappa shape index (κ1) is 27.0. The van der Waals surface area contributed by atoms with Gasteiger partial charge in [-0.15, -0.1) is 0 Å². The fourth-order valence-electron chi connectivity index (χ4n) is 2.07. The Morgan fingerprint density at radius 2 is 1.03 bits per heavy atom. The molecule has 0 aliphatic carbocycles. The minimum Gasteiger partial charge on any atom is -0.504 e. The number of halogens is 1. The molecule has 0 saturated carbocycles. The number of nitrogens with two attached hydrogens (primary N) is 2. The summed E-state index contributed by atoms with van der Waals surface area (Å²) in [5.74, 6) is -3.23. The van der Waals surface area contributed by atoms with Gasteiger partial charge in [0, 0.05) is 0 Å². The van der Waals surface area contributed by atoms with Crippen LogP contribution in [0.25, 0.3) is 0 Å². The average molecular weight is 458 g/mol. The minimum atomic E-state index is -1.10. The van der Waals surface area contributed by atoms with Gasteiger partial charge in [0.25, 0.3) is 0 Å². The van der Waals surface area contributed by atoms with Crippen LogP contribution in [0.3, 0.4) is 0 Å². The van der Waals surface area contributed by atoms with E-state index in [1.54, 1.807) is 0 Å². The van der Waals surface area contributed by atoms with E-state index >= 15 is 0 Å². The first-order valence-electron chi connectivity index (χ1n) is 8.18. The fraction of sp³-hybridized carbons (Fsp3) is 0.222. The summed E-state index contributed by atoms with van der Waals surface area (Å²) < 4.78 is 0. The number of rotatable bonds is 6. The Labute approximate surface area is 180 Å². The van der Waals surface area contributed by atoms with Gasteiger partial charge in [0.15, 0.2) is 32.6 Å². The SMILES string of the molecule is NC(Cc1ccc(O)c(O)c1)C(=O)O.NC(Cc1ccc(O)c(O)c1)C(=O)O.[Si]Cl. The van der Waals surface area contributed by atoms with Crippen LogP contribution in [0, 0.1) is 0 Å². The van der Waals surface area contributed by atoms with Crippen LogP contribution >= 0.6 is 11.1 Å². The third kappa shape index (κ3) is 9.47. The second-order valence-electron chi connectivity index (χ2n) is 5.94. The zero-order valence-corrected chi connectivity index (χ0v) is 17.3. The van der Waals surface area contributed by atoms with Crippen molar-refractivity contribution in [1.29, 1.82) is 0 Å².